The van der Waals surface area contributed by atoms with E-state index in [4.69, 9.17) is 9.47 Å². The fraction of sp³-hybridized carbons (Fsp3) is 0.579. The number of likely N-dealkylation sites (tertiary alicyclic amines) is 1. The van der Waals surface area contributed by atoms with Crippen LogP contribution in [0.25, 0.3) is 0 Å². The van der Waals surface area contributed by atoms with E-state index in [1.807, 2.05) is 18.2 Å². The van der Waals surface area contributed by atoms with Crippen molar-refractivity contribution in [2.75, 3.05) is 26.8 Å². The van der Waals surface area contributed by atoms with Crippen molar-refractivity contribution in [1.82, 2.24) is 4.90 Å². The summed E-state index contributed by atoms with van der Waals surface area (Å²) in [6, 6.07) is 5.62. The second-order valence-corrected chi connectivity index (χ2v) is 7.37. The molecule has 25 heavy (non-hydrogen) atoms. The summed E-state index contributed by atoms with van der Waals surface area (Å²) < 4.78 is 11.0. The lowest BCUT2D eigenvalue weighted by molar-refractivity contribution is -0.143. The average Bonchev–Trinajstić information content (AvgIpc) is 3.38. The molecule has 2 fully saturated rings. The highest BCUT2D eigenvalue weighted by Gasteiger charge is 2.47. The molecule has 4 rings (SSSR count). The molecule has 2 aliphatic heterocycles. The number of nitrogens with zero attached hydrogens (tertiary/aromatic N) is 1. The smallest absolute Gasteiger partial charge is 0.308 e. The largest absolute Gasteiger partial charge is 0.497 e. The van der Waals surface area contributed by atoms with Crippen LogP contribution >= 0.6 is 0 Å². The third kappa shape index (κ3) is 3.05. The number of carbonyl (C=O) groups is 2. The summed E-state index contributed by atoms with van der Waals surface area (Å²) in [6.45, 7) is 1.25. The highest BCUT2D eigenvalue weighted by atomic mass is 16.5. The zero-order valence-electron chi connectivity index (χ0n) is 14.3. The maximum Gasteiger partial charge on any atom is 0.308 e. The summed E-state index contributed by atoms with van der Waals surface area (Å²) in [5, 5.41) is 9.48. The van der Waals surface area contributed by atoms with Gasteiger partial charge in [0.1, 0.15) is 18.1 Å². The van der Waals surface area contributed by atoms with Gasteiger partial charge in [0.15, 0.2) is 0 Å². The van der Waals surface area contributed by atoms with Crippen LogP contribution in [0.2, 0.25) is 0 Å². The lowest BCUT2D eigenvalue weighted by Crippen LogP contribution is -2.40. The zero-order valence-corrected chi connectivity index (χ0v) is 14.3. The van der Waals surface area contributed by atoms with Gasteiger partial charge in [-0.05, 0) is 54.9 Å². The Bertz CT molecular complexity index is 699. The first-order valence-corrected chi connectivity index (χ1v) is 8.88. The van der Waals surface area contributed by atoms with Crippen LogP contribution in [0.15, 0.2) is 18.2 Å². The molecule has 6 heteroatoms. The predicted molar refractivity (Wildman–Crippen MR) is 89.6 cm³/mol. The molecular formula is C19H23NO5. The van der Waals surface area contributed by atoms with Gasteiger partial charge in [-0.2, -0.15) is 0 Å². The molecule has 0 aromatic heterocycles. The average molecular weight is 345 g/mol. The predicted octanol–water partition coefficient (Wildman–Crippen LogP) is 1.82. The van der Waals surface area contributed by atoms with Crippen molar-refractivity contribution in [3.63, 3.8) is 0 Å². The van der Waals surface area contributed by atoms with Crippen LogP contribution in [-0.4, -0.2) is 48.7 Å². The van der Waals surface area contributed by atoms with Crippen LogP contribution in [0.4, 0.5) is 0 Å². The van der Waals surface area contributed by atoms with Crippen molar-refractivity contribution < 1.29 is 24.2 Å². The van der Waals surface area contributed by atoms with E-state index in [0.717, 1.165) is 29.9 Å². The Morgan fingerprint density at radius 3 is 2.76 bits per heavy atom. The number of amides is 1. The Morgan fingerprint density at radius 2 is 2.08 bits per heavy atom. The molecule has 1 saturated carbocycles. The van der Waals surface area contributed by atoms with Gasteiger partial charge >= 0.3 is 5.97 Å². The van der Waals surface area contributed by atoms with Crippen LogP contribution in [0.1, 0.15) is 18.4 Å². The van der Waals surface area contributed by atoms with Crippen molar-refractivity contribution >= 4 is 11.9 Å². The number of fused-ring (bicyclic) bond motifs is 1. The molecule has 2 heterocycles. The number of hydrogen-bond donors (Lipinski definition) is 1. The summed E-state index contributed by atoms with van der Waals surface area (Å²) in [4.78, 5) is 26.2. The molecule has 0 radical (unpaired) electrons. The fourth-order valence-corrected chi connectivity index (χ4v) is 4.19. The highest BCUT2D eigenvalue weighted by molar-refractivity contribution is 5.82. The fourth-order valence-electron chi connectivity index (χ4n) is 4.19. The standard InChI is InChI=1S/C19H23NO5/c1-24-14-4-5-17-12(7-14)6-13(10-25-17)18(21)20-8-15(11-2-3-11)16(9-20)19(22)23/h4-5,7,11,13,15-16H,2-3,6,8-10H2,1H3,(H,22,23)/t13?,15-,16+/m1/s1. The number of rotatable bonds is 4. The van der Waals surface area contributed by atoms with Crippen LogP contribution in [0.3, 0.4) is 0 Å². The van der Waals surface area contributed by atoms with Gasteiger partial charge < -0.3 is 19.5 Å². The second-order valence-electron chi connectivity index (χ2n) is 7.37. The summed E-state index contributed by atoms with van der Waals surface area (Å²) in [7, 11) is 1.61. The van der Waals surface area contributed by atoms with Crippen molar-refractivity contribution in [2.45, 2.75) is 19.3 Å². The topological polar surface area (TPSA) is 76.1 Å². The number of aliphatic carboxylic acids is 1. The monoisotopic (exact) mass is 345 g/mol. The molecule has 6 nitrogen and oxygen atoms in total. The van der Waals surface area contributed by atoms with Crippen LogP contribution < -0.4 is 9.47 Å². The first-order chi connectivity index (χ1) is 12.1. The summed E-state index contributed by atoms with van der Waals surface area (Å²) >= 11 is 0. The van der Waals surface area contributed by atoms with Gasteiger partial charge in [0.05, 0.1) is 18.9 Å². The Balaban J connectivity index is 1.47. The molecule has 0 spiro atoms. The van der Waals surface area contributed by atoms with Gasteiger partial charge in [-0.25, -0.2) is 0 Å². The van der Waals surface area contributed by atoms with Gasteiger partial charge in [-0.15, -0.1) is 0 Å². The van der Waals surface area contributed by atoms with Crippen molar-refractivity contribution in [2.24, 2.45) is 23.7 Å². The van der Waals surface area contributed by atoms with E-state index < -0.39 is 11.9 Å². The molecular weight excluding hydrogens is 322 g/mol. The van der Waals surface area contributed by atoms with E-state index in [-0.39, 0.29) is 17.7 Å². The van der Waals surface area contributed by atoms with Gasteiger partial charge in [-0.3, -0.25) is 9.59 Å². The van der Waals surface area contributed by atoms with Crippen molar-refractivity contribution in [3.8, 4) is 11.5 Å². The maximum atomic E-state index is 12.9. The molecule has 1 N–H and O–H groups in total. The quantitative estimate of drug-likeness (QED) is 0.901. The SMILES string of the molecule is COc1ccc2c(c1)CC(C(=O)N1C[C@H](C(=O)O)[C@@H](C3CC3)C1)CO2. The van der Waals surface area contributed by atoms with Crippen molar-refractivity contribution in [1.29, 1.82) is 0 Å². The van der Waals surface area contributed by atoms with E-state index in [1.165, 1.54) is 0 Å². The van der Waals surface area contributed by atoms with E-state index in [2.05, 4.69) is 0 Å². The lowest BCUT2D eigenvalue weighted by atomic mass is 9.92. The van der Waals surface area contributed by atoms with E-state index in [9.17, 15) is 14.7 Å². The van der Waals surface area contributed by atoms with Gasteiger partial charge in [0, 0.05) is 13.1 Å². The molecule has 1 saturated heterocycles. The molecule has 1 unspecified atom stereocenters. The van der Waals surface area contributed by atoms with Crippen molar-refractivity contribution in [3.05, 3.63) is 23.8 Å². The minimum atomic E-state index is -0.776. The molecule has 1 aromatic rings. The first kappa shape index (κ1) is 16.2. The van der Waals surface area contributed by atoms with E-state index >= 15 is 0 Å². The summed E-state index contributed by atoms with van der Waals surface area (Å²) in [5.74, 6) is 0.692. The number of benzene rings is 1. The van der Waals surface area contributed by atoms with E-state index in [0.29, 0.717) is 32.0 Å². The summed E-state index contributed by atoms with van der Waals surface area (Å²) in [5.41, 5.74) is 0.969. The number of carboxylic acid groups (broad SMARTS) is 1. The number of methoxy groups -OCH3 is 1. The third-order valence-electron chi connectivity index (χ3n) is 5.74. The van der Waals surface area contributed by atoms with Gasteiger partial charge in [0.2, 0.25) is 5.91 Å². The minimum absolute atomic E-state index is 0.0165. The lowest BCUT2D eigenvalue weighted by Gasteiger charge is -2.28. The molecule has 1 aromatic carbocycles. The van der Waals surface area contributed by atoms with Crippen LogP contribution in [-0.2, 0) is 16.0 Å². The molecule has 3 atom stereocenters. The molecule has 1 amide bonds. The normalized spacial score (nSPS) is 28.2. The summed E-state index contributed by atoms with van der Waals surface area (Å²) in [6.07, 6.45) is 2.79. The first-order valence-electron chi connectivity index (χ1n) is 8.88. The van der Waals surface area contributed by atoms with Crippen LogP contribution in [0.5, 0.6) is 11.5 Å². The number of hydrogen-bond acceptors (Lipinski definition) is 4. The number of carbonyl (C=O) groups excluding carboxylic acids is 1. The highest BCUT2D eigenvalue weighted by Crippen LogP contribution is 2.44. The van der Waals surface area contributed by atoms with Gasteiger partial charge in [0.25, 0.3) is 0 Å². The Morgan fingerprint density at radius 1 is 1.28 bits per heavy atom. The zero-order chi connectivity index (χ0) is 17.6. The second kappa shape index (κ2) is 6.24. The van der Waals surface area contributed by atoms with E-state index in [1.54, 1.807) is 12.0 Å². The third-order valence-corrected chi connectivity index (χ3v) is 5.74. The number of ether oxygens (including phenoxy) is 2. The molecule has 1 aliphatic carbocycles. The Hall–Kier alpha value is -2.24. The Kier molecular flexibility index (Phi) is 4.06. The molecule has 134 valence electrons. The number of carboxylic acids is 1. The Labute approximate surface area is 146 Å². The molecule has 3 aliphatic rings. The van der Waals surface area contributed by atoms with Gasteiger partial charge in [-0.1, -0.05) is 0 Å². The van der Waals surface area contributed by atoms with Crippen LogP contribution in [0, 0.1) is 23.7 Å². The molecule has 0 bridgehead atoms. The maximum absolute atomic E-state index is 12.9. The minimum Gasteiger partial charge on any atom is -0.497 e.